The van der Waals surface area contributed by atoms with Crippen LogP contribution in [0.1, 0.15) is 49.7 Å². The molecule has 0 atom stereocenters. The fraction of sp³-hybridized carbons (Fsp3) is 0.348. The lowest BCUT2D eigenvalue weighted by atomic mass is 10.1. The molecule has 1 saturated heterocycles. The van der Waals surface area contributed by atoms with E-state index in [0.29, 0.717) is 29.5 Å². The van der Waals surface area contributed by atoms with Crippen molar-refractivity contribution >= 4 is 22.8 Å². The van der Waals surface area contributed by atoms with Crippen LogP contribution in [0.4, 0.5) is 17.2 Å². The highest BCUT2D eigenvalue weighted by atomic mass is 15.3. The molecule has 0 saturated carbocycles. The van der Waals surface area contributed by atoms with Gasteiger partial charge in [0.1, 0.15) is 35.3 Å². The maximum absolute atomic E-state index is 10.2. The Morgan fingerprint density at radius 1 is 1.00 bits per heavy atom. The van der Waals surface area contributed by atoms with Gasteiger partial charge in [-0.05, 0) is 31.9 Å². The summed E-state index contributed by atoms with van der Waals surface area (Å²) in [5.41, 5.74) is 2.46. The molecular formula is C23H22N8. The molecule has 1 aromatic heterocycles. The molecule has 0 amide bonds. The number of rotatable bonds is 3. The lowest BCUT2D eigenvalue weighted by molar-refractivity contribution is 0.726. The number of nitrogens with zero attached hydrogens (tertiary/aromatic N) is 7. The van der Waals surface area contributed by atoms with Crippen LogP contribution >= 0.6 is 0 Å². The number of hydrogen-bond donors (Lipinski definition) is 1. The number of nitrogens with one attached hydrogen (secondary N) is 1. The van der Waals surface area contributed by atoms with Crippen molar-refractivity contribution in [3.05, 3.63) is 47.2 Å². The third kappa shape index (κ3) is 3.63. The molecule has 2 aliphatic heterocycles. The van der Waals surface area contributed by atoms with Gasteiger partial charge in [-0.3, -0.25) is 0 Å². The fourth-order valence-electron chi connectivity index (χ4n) is 4.13. The summed E-state index contributed by atoms with van der Waals surface area (Å²) in [4.78, 5) is 13.1. The summed E-state index contributed by atoms with van der Waals surface area (Å²) in [6, 6.07) is 14.1. The molecule has 31 heavy (non-hydrogen) atoms. The summed E-state index contributed by atoms with van der Waals surface area (Å²) in [7, 11) is 0. The minimum Gasteiger partial charge on any atom is -0.355 e. The summed E-state index contributed by atoms with van der Waals surface area (Å²) in [6.45, 7) is 4.22. The second-order valence-corrected chi connectivity index (χ2v) is 7.44. The van der Waals surface area contributed by atoms with Crippen LogP contribution in [0.3, 0.4) is 0 Å². The van der Waals surface area contributed by atoms with Gasteiger partial charge < -0.3 is 15.1 Å². The number of hydrogen-bond acceptors (Lipinski definition) is 8. The average Bonchev–Trinajstić information content (AvgIpc) is 2.97. The largest absolute Gasteiger partial charge is 0.355 e. The Bertz CT molecular complexity index is 1150. The van der Waals surface area contributed by atoms with Gasteiger partial charge in [-0.15, -0.1) is 0 Å². The second-order valence-electron chi connectivity index (χ2n) is 7.44. The Morgan fingerprint density at radius 3 is 2.32 bits per heavy atom. The van der Waals surface area contributed by atoms with Gasteiger partial charge in [0.2, 0.25) is 0 Å². The summed E-state index contributed by atoms with van der Waals surface area (Å²) >= 11 is 0. The van der Waals surface area contributed by atoms with Gasteiger partial charge in [-0.25, -0.2) is 9.97 Å². The smallest absolute Gasteiger partial charge is 0.179 e. The van der Waals surface area contributed by atoms with E-state index in [1.54, 1.807) is 0 Å². The molecule has 0 bridgehead atoms. The second kappa shape index (κ2) is 8.73. The van der Waals surface area contributed by atoms with E-state index in [-0.39, 0.29) is 11.4 Å². The average molecular weight is 410 g/mol. The first-order valence-corrected chi connectivity index (χ1v) is 10.5. The monoisotopic (exact) mass is 410 g/mol. The quantitative estimate of drug-likeness (QED) is 0.761. The van der Waals surface area contributed by atoms with E-state index in [2.05, 4.69) is 26.3 Å². The summed E-state index contributed by atoms with van der Waals surface area (Å²) < 4.78 is 0. The fourth-order valence-corrected chi connectivity index (χ4v) is 4.13. The first-order valence-electron chi connectivity index (χ1n) is 10.5. The molecule has 0 spiro atoms. The third-order valence-corrected chi connectivity index (χ3v) is 5.61. The van der Waals surface area contributed by atoms with Crippen molar-refractivity contribution in [3.8, 4) is 18.2 Å². The molecule has 2 aliphatic rings. The van der Waals surface area contributed by atoms with Crippen LogP contribution in [0.15, 0.2) is 30.1 Å². The van der Waals surface area contributed by atoms with Gasteiger partial charge in [0, 0.05) is 19.6 Å². The van der Waals surface area contributed by atoms with E-state index in [0.717, 1.165) is 50.1 Å². The van der Waals surface area contributed by atoms with Gasteiger partial charge >= 0.3 is 0 Å². The SMILES string of the molecule is CCN1/C(=C(/C#N)c2nc(C#N)c(C#N)nc2N2CCCCCC2)Nc2ccccc21. The third-order valence-electron chi connectivity index (χ3n) is 5.61. The van der Waals surface area contributed by atoms with Crippen molar-refractivity contribution in [3.63, 3.8) is 0 Å². The number of benzene rings is 1. The molecule has 8 heteroatoms. The molecular weight excluding hydrogens is 388 g/mol. The summed E-state index contributed by atoms with van der Waals surface area (Å²) in [6.07, 6.45) is 4.28. The molecule has 0 radical (unpaired) electrons. The molecule has 1 fully saturated rings. The number of para-hydroxylation sites is 2. The zero-order chi connectivity index (χ0) is 21.8. The number of aromatic nitrogens is 2. The number of allylic oxidation sites excluding steroid dienone is 1. The first kappa shape index (κ1) is 20.2. The van der Waals surface area contributed by atoms with Crippen LogP contribution in [0.25, 0.3) is 5.57 Å². The minimum absolute atomic E-state index is 0.0113. The van der Waals surface area contributed by atoms with Crippen molar-refractivity contribution in [2.24, 2.45) is 0 Å². The molecule has 1 aromatic carbocycles. The lowest BCUT2D eigenvalue weighted by Crippen LogP contribution is -2.28. The Balaban J connectivity index is 1.93. The van der Waals surface area contributed by atoms with Crippen molar-refractivity contribution < 1.29 is 0 Å². The zero-order valence-electron chi connectivity index (χ0n) is 17.4. The van der Waals surface area contributed by atoms with Crippen molar-refractivity contribution in [1.29, 1.82) is 15.8 Å². The van der Waals surface area contributed by atoms with Crippen LogP contribution in [0, 0.1) is 34.0 Å². The first-order chi connectivity index (χ1) is 15.2. The van der Waals surface area contributed by atoms with E-state index in [9.17, 15) is 15.8 Å². The maximum atomic E-state index is 10.2. The van der Waals surface area contributed by atoms with Gasteiger partial charge in [0.25, 0.3) is 0 Å². The van der Waals surface area contributed by atoms with Gasteiger partial charge in [-0.1, -0.05) is 25.0 Å². The molecule has 0 aliphatic carbocycles. The predicted molar refractivity (Wildman–Crippen MR) is 118 cm³/mol. The predicted octanol–water partition coefficient (Wildman–Crippen LogP) is 3.74. The normalized spacial score (nSPS) is 17.0. The summed E-state index contributed by atoms with van der Waals surface area (Å²) in [5, 5.41) is 32.6. The van der Waals surface area contributed by atoms with E-state index in [4.69, 9.17) is 0 Å². The highest BCUT2D eigenvalue weighted by molar-refractivity contribution is 5.93. The van der Waals surface area contributed by atoms with Gasteiger partial charge in [0.15, 0.2) is 17.2 Å². The standard InChI is InChI=1S/C23H22N8/c1-2-31-20-10-6-5-9-17(20)28-22(31)16(13-24)21-23(30-11-7-3-4-8-12-30)29-19(15-26)18(14-25)27-21/h5-6,9-10,28H,2-4,7-8,11-12H2,1H3/b22-16-. The zero-order valence-corrected chi connectivity index (χ0v) is 17.4. The van der Waals surface area contributed by atoms with Crippen LogP contribution in [0.2, 0.25) is 0 Å². The highest BCUT2D eigenvalue weighted by Crippen LogP contribution is 2.40. The molecule has 154 valence electrons. The number of anilines is 3. The lowest BCUT2D eigenvalue weighted by Gasteiger charge is -2.25. The van der Waals surface area contributed by atoms with Crippen LogP contribution in [-0.4, -0.2) is 29.6 Å². The topological polar surface area (TPSA) is 116 Å². The van der Waals surface area contributed by atoms with Crippen LogP contribution < -0.4 is 15.1 Å². The Labute approximate surface area is 181 Å². The van der Waals surface area contributed by atoms with Crippen molar-refractivity contribution in [2.75, 3.05) is 34.8 Å². The van der Waals surface area contributed by atoms with E-state index < -0.39 is 0 Å². The van der Waals surface area contributed by atoms with Crippen molar-refractivity contribution in [2.45, 2.75) is 32.6 Å². The van der Waals surface area contributed by atoms with E-state index in [1.165, 1.54) is 0 Å². The van der Waals surface area contributed by atoms with E-state index in [1.807, 2.05) is 48.2 Å². The number of fused-ring (bicyclic) bond motifs is 1. The van der Waals surface area contributed by atoms with Crippen LogP contribution in [-0.2, 0) is 0 Å². The Morgan fingerprint density at radius 2 is 1.68 bits per heavy atom. The Hall–Kier alpha value is -4.09. The molecule has 8 nitrogen and oxygen atoms in total. The molecule has 1 N–H and O–H groups in total. The Kier molecular flexibility index (Phi) is 5.69. The van der Waals surface area contributed by atoms with Crippen molar-refractivity contribution in [1.82, 2.24) is 9.97 Å². The number of nitriles is 3. The van der Waals surface area contributed by atoms with Gasteiger partial charge in [-0.2, -0.15) is 15.8 Å². The molecule has 3 heterocycles. The van der Waals surface area contributed by atoms with E-state index >= 15 is 0 Å². The molecule has 2 aromatic rings. The summed E-state index contributed by atoms with van der Waals surface area (Å²) in [5.74, 6) is 1.11. The maximum Gasteiger partial charge on any atom is 0.179 e. The molecule has 0 unspecified atom stereocenters. The minimum atomic E-state index is -0.0667. The van der Waals surface area contributed by atoms with Gasteiger partial charge in [0.05, 0.1) is 11.4 Å². The molecule has 4 rings (SSSR count). The van der Waals surface area contributed by atoms with Crippen LogP contribution in [0.5, 0.6) is 0 Å². The highest BCUT2D eigenvalue weighted by Gasteiger charge is 2.30.